The Bertz CT molecular complexity index is 490. The highest BCUT2D eigenvalue weighted by molar-refractivity contribution is 5.48. The maximum Gasteiger partial charge on any atom is 0.134 e. The van der Waals surface area contributed by atoms with Crippen LogP contribution in [0.25, 0.3) is 0 Å². The maximum absolute atomic E-state index is 4.48. The first-order valence-corrected chi connectivity index (χ1v) is 9.13. The van der Waals surface area contributed by atoms with Gasteiger partial charge in [0.2, 0.25) is 0 Å². The van der Waals surface area contributed by atoms with E-state index in [0.29, 0.717) is 5.41 Å². The molecule has 2 fully saturated rings. The van der Waals surface area contributed by atoms with Crippen LogP contribution in [0.5, 0.6) is 0 Å². The molecule has 0 aromatic carbocycles. The third-order valence-electron chi connectivity index (χ3n) is 5.29. The first kappa shape index (κ1) is 16.5. The normalized spacial score (nSPS) is 20.9. The van der Waals surface area contributed by atoms with Crippen LogP contribution in [0.4, 0.5) is 11.6 Å². The quantitative estimate of drug-likeness (QED) is 0.874. The third-order valence-corrected chi connectivity index (χ3v) is 5.29. The smallest absolute Gasteiger partial charge is 0.134 e. The van der Waals surface area contributed by atoms with Gasteiger partial charge in [-0.1, -0.05) is 12.8 Å². The number of hydrogen-bond donors (Lipinski definition) is 1. The molecule has 0 amide bonds. The van der Waals surface area contributed by atoms with Crippen LogP contribution in [0.3, 0.4) is 0 Å². The molecule has 0 radical (unpaired) electrons. The van der Waals surface area contributed by atoms with Gasteiger partial charge in [0, 0.05) is 37.7 Å². The van der Waals surface area contributed by atoms with Crippen molar-refractivity contribution in [2.24, 2.45) is 5.41 Å². The molecule has 0 unspecified atom stereocenters. The molecule has 1 aromatic heterocycles. The zero-order valence-corrected chi connectivity index (χ0v) is 14.7. The van der Waals surface area contributed by atoms with E-state index in [2.05, 4.69) is 45.2 Å². The molecule has 2 aliphatic rings. The van der Waals surface area contributed by atoms with Gasteiger partial charge in [0.15, 0.2) is 0 Å². The highest BCUT2D eigenvalue weighted by atomic mass is 15.2. The van der Waals surface area contributed by atoms with E-state index in [9.17, 15) is 0 Å². The summed E-state index contributed by atoms with van der Waals surface area (Å²) in [6.07, 6.45) is 11.0. The summed E-state index contributed by atoms with van der Waals surface area (Å²) in [5.41, 5.74) is 0.403. The van der Waals surface area contributed by atoms with Gasteiger partial charge in [-0.25, -0.2) is 9.97 Å². The maximum atomic E-state index is 4.48. The Morgan fingerprint density at radius 1 is 1.09 bits per heavy atom. The molecule has 0 bridgehead atoms. The Morgan fingerprint density at radius 2 is 1.83 bits per heavy atom. The number of hydrogen-bond acceptors (Lipinski definition) is 5. The Kier molecular flexibility index (Phi) is 5.36. The van der Waals surface area contributed by atoms with Gasteiger partial charge in [-0.05, 0) is 46.2 Å². The summed E-state index contributed by atoms with van der Waals surface area (Å²) in [4.78, 5) is 13.6. The van der Waals surface area contributed by atoms with Gasteiger partial charge in [0.25, 0.3) is 0 Å². The molecular weight excluding hydrogens is 286 g/mol. The average Bonchev–Trinajstić information content (AvgIpc) is 3.02. The fraction of sp³-hybridized carbons (Fsp3) is 0.778. The van der Waals surface area contributed by atoms with Crippen LogP contribution < -0.4 is 10.2 Å². The van der Waals surface area contributed by atoms with E-state index < -0.39 is 0 Å². The number of anilines is 2. The number of nitrogens with one attached hydrogen (secondary N) is 1. The second-order valence-corrected chi connectivity index (χ2v) is 7.61. The van der Waals surface area contributed by atoms with E-state index in [0.717, 1.165) is 37.8 Å². The molecule has 1 saturated carbocycles. The molecule has 1 N–H and O–H groups in total. The van der Waals surface area contributed by atoms with Crippen molar-refractivity contribution in [2.45, 2.75) is 44.9 Å². The van der Waals surface area contributed by atoms with Crippen LogP contribution in [0.1, 0.15) is 44.9 Å². The molecule has 0 spiro atoms. The van der Waals surface area contributed by atoms with Crippen molar-refractivity contribution in [1.82, 2.24) is 14.9 Å². The van der Waals surface area contributed by atoms with Crippen molar-refractivity contribution in [1.29, 1.82) is 0 Å². The number of nitrogens with zero attached hydrogens (tertiary/aromatic N) is 4. The summed E-state index contributed by atoms with van der Waals surface area (Å²) < 4.78 is 0. The molecule has 1 saturated heterocycles. The Hall–Kier alpha value is -1.36. The highest BCUT2D eigenvalue weighted by Gasteiger charge is 2.34. The van der Waals surface area contributed by atoms with Crippen molar-refractivity contribution in [3.05, 3.63) is 12.4 Å². The van der Waals surface area contributed by atoms with E-state index in [-0.39, 0.29) is 0 Å². The van der Waals surface area contributed by atoms with E-state index in [1.165, 1.54) is 44.9 Å². The summed E-state index contributed by atoms with van der Waals surface area (Å²) in [7, 11) is 4.36. The zero-order valence-electron chi connectivity index (χ0n) is 14.7. The lowest BCUT2D eigenvalue weighted by Crippen LogP contribution is -2.37. The van der Waals surface area contributed by atoms with Crippen LogP contribution >= 0.6 is 0 Å². The first-order chi connectivity index (χ1) is 11.2. The fourth-order valence-electron chi connectivity index (χ4n) is 4.20. The first-order valence-electron chi connectivity index (χ1n) is 9.13. The summed E-state index contributed by atoms with van der Waals surface area (Å²) in [5.74, 6) is 2.06. The topological polar surface area (TPSA) is 44.3 Å². The van der Waals surface area contributed by atoms with E-state index in [1.807, 2.05) is 0 Å². The van der Waals surface area contributed by atoms with Crippen LogP contribution in [0, 0.1) is 5.41 Å². The lowest BCUT2D eigenvalue weighted by Gasteiger charge is -2.32. The van der Waals surface area contributed by atoms with E-state index in [1.54, 1.807) is 6.33 Å². The molecule has 5 heteroatoms. The predicted octanol–water partition coefficient (Wildman–Crippen LogP) is 3.00. The second kappa shape index (κ2) is 7.47. The molecule has 5 nitrogen and oxygen atoms in total. The van der Waals surface area contributed by atoms with Gasteiger partial charge >= 0.3 is 0 Å². The van der Waals surface area contributed by atoms with Gasteiger partial charge < -0.3 is 15.1 Å². The average molecular weight is 317 g/mol. The minimum atomic E-state index is 0.403. The van der Waals surface area contributed by atoms with Crippen LogP contribution in [0.2, 0.25) is 0 Å². The fourth-order valence-corrected chi connectivity index (χ4v) is 4.20. The van der Waals surface area contributed by atoms with Crippen molar-refractivity contribution < 1.29 is 0 Å². The minimum Gasteiger partial charge on any atom is -0.369 e. The molecule has 0 atom stereocenters. The molecule has 128 valence electrons. The lowest BCUT2D eigenvalue weighted by atomic mass is 9.85. The van der Waals surface area contributed by atoms with E-state index >= 15 is 0 Å². The van der Waals surface area contributed by atoms with Crippen molar-refractivity contribution in [2.75, 3.05) is 50.5 Å². The SMILES string of the molecule is CN(C)CC1(CNc2cc(N3CCCCC3)ncn2)CCCC1. The van der Waals surface area contributed by atoms with Crippen molar-refractivity contribution in [3.8, 4) is 0 Å². The van der Waals surface area contributed by atoms with Gasteiger partial charge in [-0.2, -0.15) is 0 Å². The number of rotatable bonds is 6. The van der Waals surface area contributed by atoms with Crippen LogP contribution in [0.15, 0.2) is 12.4 Å². The summed E-state index contributed by atoms with van der Waals surface area (Å²) in [6, 6.07) is 2.13. The molecule has 1 aliphatic carbocycles. The zero-order chi connectivity index (χ0) is 16.1. The molecule has 3 rings (SSSR count). The summed E-state index contributed by atoms with van der Waals surface area (Å²) >= 11 is 0. The number of aromatic nitrogens is 2. The molecule has 1 aliphatic heterocycles. The Labute approximate surface area is 140 Å². The van der Waals surface area contributed by atoms with Gasteiger partial charge in [0.05, 0.1) is 0 Å². The van der Waals surface area contributed by atoms with Gasteiger partial charge in [-0.3, -0.25) is 0 Å². The van der Waals surface area contributed by atoms with Crippen LogP contribution in [-0.4, -0.2) is 55.1 Å². The summed E-state index contributed by atoms with van der Waals surface area (Å²) in [5, 5.41) is 3.61. The standard InChI is InChI=1S/C18H31N5/c1-22(2)14-18(8-4-5-9-18)13-19-16-12-17(21-15-20-16)23-10-6-3-7-11-23/h12,15H,3-11,13-14H2,1-2H3,(H,19,20,21). The Morgan fingerprint density at radius 3 is 2.52 bits per heavy atom. The monoisotopic (exact) mass is 317 g/mol. The predicted molar refractivity (Wildman–Crippen MR) is 96.0 cm³/mol. The second-order valence-electron chi connectivity index (χ2n) is 7.61. The number of piperidine rings is 1. The molecule has 23 heavy (non-hydrogen) atoms. The molecular formula is C18H31N5. The van der Waals surface area contributed by atoms with Gasteiger partial charge in [0.1, 0.15) is 18.0 Å². The van der Waals surface area contributed by atoms with Crippen molar-refractivity contribution in [3.63, 3.8) is 0 Å². The molecule has 1 aromatic rings. The van der Waals surface area contributed by atoms with E-state index in [4.69, 9.17) is 0 Å². The Balaban J connectivity index is 1.63. The van der Waals surface area contributed by atoms with Crippen LogP contribution in [-0.2, 0) is 0 Å². The van der Waals surface area contributed by atoms with Crippen molar-refractivity contribution >= 4 is 11.6 Å². The minimum absolute atomic E-state index is 0.403. The largest absolute Gasteiger partial charge is 0.369 e. The van der Waals surface area contributed by atoms with Gasteiger partial charge in [-0.15, -0.1) is 0 Å². The lowest BCUT2D eigenvalue weighted by molar-refractivity contribution is 0.215. The highest BCUT2D eigenvalue weighted by Crippen LogP contribution is 2.38. The molecule has 2 heterocycles. The third kappa shape index (κ3) is 4.34. The summed E-state index contributed by atoms with van der Waals surface area (Å²) in [6.45, 7) is 4.42.